The maximum absolute atomic E-state index is 6.33. The lowest BCUT2D eigenvalue weighted by Gasteiger charge is -2.14. The van der Waals surface area contributed by atoms with Gasteiger partial charge in [-0.25, -0.2) is 0 Å². The predicted molar refractivity (Wildman–Crippen MR) is 471 cm³/mol. The van der Waals surface area contributed by atoms with Crippen molar-refractivity contribution in [3.8, 4) is 0 Å². The number of hydrogen-bond acceptors (Lipinski definition) is 12. The zero-order chi connectivity index (χ0) is 75.2. The molecule has 0 aromatic heterocycles. The van der Waals surface area contributed by atoms with Crippen LogP contribution < -0.4 is 68.8 Å². The lowest BCUT2D eigenvalue weighted by Crippen LogP contribution is -2.04. The highest BCUT2D eigenvalue weighted by atomic mass is 14.6. The Balaban J connectivity index is 0.000000114. The molecule has 0 fully saturated rings. The van der Waals surface area contributed by atoms with E-state index in [4.69, 9.17) is 68.8 Å². The highest BCUT2D eigenvalue weighted by Gasteiger charge is 2.15. The Kier molecular flexibility index (Phi) is 23.5. The number of rotatable bonds is 12. The van der Waals surface area contributed by atoms with Gasteiger partial charge < -0.3 is 68.8 Å². The lowest BCUT2D eigenvalue weighted by atomic mass is 9.92. The molecule has 0 spiro atoms. The quantitative estimate of drug-likeness (QED) is 0.0309. The average molecular weight is 1420 g/mol. The van der Waals surface area contributed by atoms with E-state index in [-0.39, 0.29) is 0 Å². The smallest absolute Gasteiger partial charge is 0.0473 e. The molecule has 0 aliphatic rings. The van der Waals surface area contributed by atoms with Crippen LogP contribution in [0.2, 0.25) is 0 Å². The molecular weight excluding hydrogens is 1320 g/mol. The van der Waals surface area contributed by atoms with E-state index in [1.165, 1.54) is 114 Å². The van der Waals surface area contributed by atoms with E-state index in [1.807, 2.05) is 78.9 Å². The number of hydrogen-bond donors (Lipinski definition) is 12. The van der Waals surface area contributed by atoms with E-state index in [2.05, 4.69) is 212 Å². The molecule has 0 aliphatic heterocycles. The summed E-state index contributed by atoms with van der Waals surface area (Å²) in [7, 11) is 0. The van der Waals surface area contributed by atoms with Gasteiger partial charge in [0.2, 0.25) is 0 Å². The van der Waals surface area contributed by atoms with Crippen LogP contribution >= 0.6 is 0 Å². The third-order valence-electron chi connectivity index (χ3n) is 20.6. The zero-order valence-corrected chi connectivity index (χ0v) is 61.1. The summed E-state index contributed by atoms with van der Waals surface area (Å²) in [6.07, 6.45) is 5.84. The van der Waals surface area contributed by atoms with E-state index in [1.54, 1.807) is 0 Å². The van der Waals surface area contributed by atoms with Crippen LogP contribution in [-0.4, -0.2) is 26.2 Å². The van der Waals surface area contributed by atoms with Gasteiger partial charge in [0, 0.05) is 79.5 Å². The highest BCUT2D eigenvalue weighted by Crippen LogP contribution is 2.39. The Morgan fingerprint density at radius 2 is 0.417 bits per heavy atom. The number of aryl methyl sites for hydroxylation is 2. The van der Waals surface area contributed by atoms with Crippen molar-refractivity contribution in [3.63, 3.8) is 0 Å². The predicted octanol–water partition coefficient (Wildman–Crippen LogP) is 19.2. The van der Waals surface area contributed by atoms with Crippen LogP contribution in [0.1, 0.15) is 46.2 Å². The molecule has 0 radical (unpaired) electrons. The molecule has 0 saturated heterocycles. The van der Waals surface area contributed by atoms with Crippen molar-refractivity contribution in [1.82, 2.24) is 0 Å². The lowest BCUT2D eigenvalue weighted by molar-refractivity contribution is 0.833. The van der Waals surface area contributed by atoms with Crippen molar-refractivity contribution in [3.05, 3.63) is 325 Å². The second-order valence-corrected chi connectivity index (χ2v) is 27.5. The fraction of sp³-hybridized carbons (Fsp3) is 0.125. The second-order valence-electron chi connectivity index (χ2n) is 27.5. The van der Waals surface area contributed by atoms with Gasteiger partial charge in [-0.2, -0.15) is 0 Å². The Hall–Kier alpha value is -12.4. The molecule has 0 saturated carbocycles. The SMILES string of the molecule is NCCCc1c2ccccc2c(N)c2ccccc12.NCCCc1ccc2ccc3ccc(N)cc3c2c1.NCCc1c2ccccc2c(N)c2ccccc12.NCCc1ccc2ccc3ccc(N)cc3c2c1.NCc1c2ccccc2c(N)c2ccccc12.NCc1ccc2ccc3ccc(N)cc3c2c1. The topological polar surface area (TPSA) is 312 Å². The van der Waals surface area contributed by atoms with Gasteiger partial charge in [0.05, 0.1) is 0 Å². The van der Waals surface area contributed by atoms with Crippen molar-refractivity contribution in [2.45, 2.75) is 51.6 Å². The first-order chi connectivity index (χ1) is 52.8. The largest absolute Gasteiger partial charge is 0.399 e. The Labute approximate surface area is 630 Å². The van der Waals surface area contributed by atoms with E-state index >= 15 is 0 Å². The molecule has 0 unspecified atom stereocenters. The molecule has 0 heterocycles. The molecule has 18 aromatic rings. The number of fused-ring (bicyclic) bond motifs is 15. The minimum atomic E-state index is 0.529. The van der Waals surface area contributed by atoms with E-state index in [9.17, 15) is 0 Å². The van der Waals surface area contributed by atoms with Gasteiger partial charge in [-0.3, -0.25) is 0 Å². The summed E-state index contributed by atoms with van der Waals surface area (Å²) in [5.41, 5.74) is 83.3. The molecule has 12 nitrogen and oxygen atoms in total. The summed E-state index contributed by atoms with van der Waals surface area (Å²) in [4.78, 5) is 0. The number of nitrogen functional groups attached to an aromatic ring is 6. The Bertz CT molecular complexity index is 6100. The molecule has 108 heavy (non-hydrogen) atoms. The van der Waals surface area contributed by atoms with Crippen molar-refractivity contribution >= 4 is 163 Å². The van der Waals surface area contributed by atoms with Crippen LogP contribution in [0, 0.1) is 0 Å². The summed E-state index contributed by atoms with van der Waals surface area (Å²) >= 11 is 0. The summed E-state index contributed by atoms with van der Waals surface area (Å²) < 4.78 is 0. The van der Waals surface area contributed by atoms with Gasteiger partial charge in [0.15, 0.2) is 0 Å². The van der Waals surface area contributed by atoms with Gasteiger partial charge in [-0.05, 0) is 238 Å². The Morgan fingerprint density at radius 3 is 0.713 bits per heavy atom. The first-order valence-corrected chi connectivity index (χ1v) is 37.2. The molecule has 0 amide bonds. The first kappa shape index (κ1) is 73.9. The molecule has 540 valence electrons. The van der Waals surface area contributed by atoms with Crippen LogP contribution in [0.15, 0.2) is 291 Å². The fourth-order valence-electron chi connectivity index (χ4n) is 15.2. The van der Waals surface area contributed by atoms with Crippen LogP contribution in [0.5, 0.6) is 0 Å². The molecule has 0 aliphatic carbocycles. The van der Waals surface area contributed by atoms with Gasteiger partial charge in [-0.15, -0.1) is 0 Å². The van der Waals surface area contributed by atoms with Crippen molar-refractivity contribution in [2.24, 2.45) is 34.4 Å². The molecule has 0 atom stereocenters. The summed E-state index contributed by atoms with van der Waals surface area (Å²) in [6, 6.07) is 100. The van der Waals surface area contributed by atoms with Gasteiger partial charge in [-0.1, -0.05) is 249 Å². The van der Waals surface area contributed by atoms with Crippen molar-refractivity contribution in [1.29, 1.82) is 0 Å². The minimum Gasteiger partial charge on any atom is -0.399 e. The molecule has 24 N–H and O–H groups in total. The normalized spacial score (nSPS) is 11.2. The fourth-order valence-corrected chi connectivity index (χ4v) is 15.2. The van der Waals surface area contributed by atoms with Gasteiger partial charge in [0.25, 0.3) is 0 Å². The Morgan fingerprint density at radius 1 is 0.176 bits per heavy atom. The third kappa shape index (κ3) is 15.9. The van der Waals surface area contributed by atoms with Gasteiger partial charge >= 0.3 is 0 Å². The van der Waals surface area contributed by atoms with Crippen LogP contribution in [-0.2, 0) is 38.8 Å². The first-order valence-electron chi connectivity index (χ1n) is 37.2. The third-order valence-corrected chi connectivity index (χ3v) is 20.6. The van der Waals surface area contributed by atoms with Crippen LogP contribution in [0.3, 0.4) is 0 Å². The maximum atomic E-state index is 6.33. The summed E-state index contributed by atoms with van der Waals surface area (Å²) in [6.45, 7) is 3.87. The highest BCUT2D eigenvalue weighted by molar-refractivity contribution is 6.16. The van der Waals surface area contributed by atoms with Crippen LogP contribution in [0.4, 0.5) is 34.1 Å². The monoisotopic (exact) mass is 1420 g/mol. The molecule has 18 rings (SSSR count). The average Bonchev–Trinajstić information content (AvgIpc) is 0.788. The molecule has 18 aromatic carbocycles. The molecule has 0 bridgehead atoms. The van der Waals surface area contributed by atoms with Crippen molar-refractivity contribution < 1.29 is 0 Å². The number of nitrogens with two attached hydrogens (primary N) is 12. The minimum absolute atomic E-state index is 0.529. The van der Waals surface area contributed by atoms with Crippen LogP contribution in [0.25, 0.3) is 129 Å². The zero-order valence-electron chi connectivity index (χ0n) is 61.1. The van der Waals surface area contributed by atoms with E-state index < -0.39 is 0 Å². The molecular formula is C96H96N12. The standard InChI is InChI=1S/2C17H18N2.2C16H16N2.2C15H14N2/c18-11-5-10-12-13-6-1-3-8-15(13)17(19)16-9-4-2-7-14(12)16;18-9-1-2-12-3-4-13-5-6-14-7-8-15(19)11-17(14)16(13)10-12;17-10-9-13-11-5-1-3-7-14(11)16(18)15-8-4-2-6-12(13)15;17-8-7-11-1-2-12-3-4-13-5-6-14(18)10-16(13)15(12)9-11;16-9-14-10-5-1-3-7-12(10)15(17)13-8-4-2-6-11(13)14;16-9-10-1-2-11-3-4-12-5-6-13(17)8-15(12)14(11)7-10/h1-4,6-9H,5,10-11,18-19H2;3-8,10-11H,1-2,9,18-19H2;1-8H,9-10,17-18H2;1-6,9-10H,7-8,17-18H2;2*1-8H,9,16-17H2. The maximum Gasteiger partial charge on any atom is 0.0473 e. The summed E-state index contributed by atoms with van der Waals surface area (Å²) in [5, 5.41) is 28.8. The summed E-state index contributed by atoms with van der Waals surface area (Å²) in [5.74, 6) is 0. The van der Waals surface area contributed by atoms with Crippen molar-refractivity contribution in [2.75, 3.05) is 60.6 Å². The number of anilines is 6. The number of benzene rings is 18. The van der Waals surface area contributed by atoms with E-state index in [0.29, 0.717) is 32.7 Å². The second kappa shape index (κ2) is 34.3. The molecule has 12 heteroatoms. The van der Waals surface area contributed by atoms with Gasteiger partial charge in [0.1, 0.15) is 0 Å². The van der Waals surface area contributed by atoms with E-state index in [0.717, 1.165) is 128 Å².